The van der Waals surface area contributed by atoms with E-state index in [9.17, 15) is 9.90 Å². The number of hydrogen-bond donors (Lipinski definition) is 2. The molecule has 24 heavy (non-hydrogen) atoms. The molecule has 1 heterocycles. The second kappa shape index (κ2) is 6.49. The van der Waals surface area contributed by atoms with Crippen LogP contribution in [0.2, 0.25) is 5.02 Å². The van der Waals surface area contributed by atoms with E-state index in [0.717, 1.165) is 11.1 Å². The van der Waals surface area contributed by atoms with Crippen LogP contribution in [0.5, 0.6) is 0 Å². The summed E-state index contributed by atoms with van der Waals surface area (Å²) in [6.07, 6.45) is 0.710. The van der Waals surface area contributed by atoms with Gasteiger partial charge in [-0.15, -0.1) is 0 Å². The molecule has 0 saturated heterocycles. The van der Waals surface area contributed by atoms with Crippen LogP contribution in [-0.2, 0) is 17.0 Å². The first-order chi connectivity index (χ1) is 11.4. The van der Waals surface area contributed by atoms with Crippen molar-refractivity contribution in [2.24, 2.45) is 0 Å². The van der Waals surface area contributed by atoms with Gasteiger partial charge in [-0.25, -0.2) is 4.39 Å². The summed E-state index contributed by atoms with van der Waals surface area (Å²) >= 11 is 6.15. The number of pyridine rings is 1. The Bertz CT molecular complexity index is 763. The van der Waals surface area contributed by atoms with Crippen LogP contribution in [0.3, 0.4) is 0 Å². The summed E-state index contributed by atoms with van der Waals surface area (Å²) in [5, 5.41) is 13.1. The van der Waals surface area contributed by atoms with E-state index in [0.29, 0.717) is 5.02 Å². The van der Waals surface area contributed by atoms with E-state index in [-0.39, 0.29) is 30.6 Å². The van der Waals surface area contributed by atoms with Gasteiger partial charge in [-0.2, -0.15) is 0 Å². The summed E-state index contributed by atoms with van der Waals surface area (Å²) in [5.74, 6) is -0.733. The number of carbonyl (C=O) groups excluding carboxylic acids is 1. The summed E-state index contributed by atoms with van der Waals surface area (Å²) < 4.78 is 15.4. The molecule has 0 radical (unpaired) electrons. The Morgan fingerprint density at radius 2 is 2.25 bits per heavy atom. The lowest BCUT2D eigenvalue weighted by Gasteiger charge is -2.32. The van der Waals surface area contributed by atoms with Crippen LogP contribution < -0.4 is 5.32 Å². The maximum absolute atomic E-state index is 15.4. The number of aliphatic hydroxyl groups is 1. The van der Waals surface area contributed by atoms with Gasteiger partial charge in [-0.3, -0.25) is 9.78 Å². The van der Waals surface area contributed by atoms with Gasteiger partial charge in [0.1, 0.15) is 0 Å². The summed E-state index contributed by atoms with van der Waals surface area (Å²) in [6.45, 7) is 2.03. The maximum atomic E-state index is 15.4. The lowest BCUT2D eigenvalue weighted by atomic mass is 9.81. The minimum Gasteiger partial charge on any atom is -0.387 e. The quantitative estimate of drug-likeness (QED) is 0.894. The summed E-state index contributed by atoms with van der Waals surface area (Å²) in [4.78, 5) is 16.6. The number of rotatable bonds is 3. The molecule has 0 spiro atoms. The Kier molecular flexibility index (Phi) is 4.56. The Morgan fingerprint density at radius 3 is 3.00 bits per heavy atom. The number of alkyl halides is 1. The fraction of sp³-hybridized carbons (Fsp3) is 0.333. The Labute approximate surface area is 144 Å². The SMILES string of the molecule is Cc1cccc(Cl)c1CNC(=O)[C@]1(F)CC[C@@H](O)c2ncccc21. The number of hydrogen-bond acceptors (Lipinski definition) is 3. The molecule has 1 aliphatic carbocycles. The molecule has 6 heteroatoms. The van der Waals surface area contributed by atoms with E-state index in [1.54, 1.807) is 12.1 Å². The van der Waals surface area contributed by atoms with E-state index in [2.05, 4.69) is 10.3 Å². The molecule has 3 rings (SSSR count). The molecule has 0 bridgehead atoms. The molecule has 0 aliphatic heterocycles. The lowest BCUT2D eigenvalue weighted by molar-refractivity contribution is -0.135. The molecule has 1 aromatic carbocycles. The summed E-state index contributed by atoms with van der Waals surface area (Å²) in [5.41, 5.74) is -0.138. The molecule has 2 N–H and O–H groups in total. The van der Waals surface area contributed by atoms with Crippen LogP contribution in [0, 0.1) is 6.92 Å². The number of halogens is 2. The number of aromatic nitrogens is 1. The number of nitrogens with one attached hydrogen (secondary N) is 1. The third kappa shape index (κ3) is 2.89. The van der Waals surface area contributed by atoms with Crippen molar-refractivity contribution >= 4 is 17.5 Å². The van der Waals surface area contributed by atoms with Crippen molar-refractivity contribution in [3.63, 3.8) is 0 Å². The molecule has 0 unspecified atom stereocenters. The second-order valence-corrected chi connectivity index (χ2v) is 6.42. The number of nitrogens with zero attached hydrogens (tertiary/aromatic N) is 1. The van der Waals surface area contributed by atoms with Gasteiger partial charge in [0.15, 0.2) is 0 Å². The lowest BCUT2D eigenvalue weighted by Crippen LogP contribution is -2.44. The average Bonchev–Trinajstić information content (AvgIpc) is 2.58. The van der Waals surface area contributed by atoms with E-state index >= 15 is 4.39 Å². The van der Waals surface area contributed by atoms with Crippen molar-refractivity contribution in [2.45, 2.75) is 38.1 Å². The van der Waals surface area contributed by atoms with Crippen LogP contribution in [0.25, 0.3) is 0 Å². The molecular formula is C18H18ClFN2O2. The van der Waals surface area contributed by atoms with Gasteiger partial charge in [0.2, 0.25) is 5.67 Å². The molecule has 0 saturated carbocycles. The highest BCUT2D eigenvalue weighted by Crippen LogP contribution is 2.42. The van der Waals surface area contributed by atoms with Crippen molar-refractivity contribution in [3.8, 4) is 0 Å². The van der Waals surface area contributed by atoms with Gasteiger partial charge in [0, 0.05) is 23.3 Å². The summed E-state index contributed by atoms with van der Waals surface area (Å²) in [6, 6.07) is 8.51. The van der Waals surface area contributed by atoms with E-state index in [1.807, 2.05) is 19.1 Å². The fourth-order valence-corrected chi connectivity index (χ4v) is 3.35. The number of carbonyl (C=O) groups is 1. The molecule has 1 amide bonds. The van der Waals surface area contributed by atoms with Gasteiger partial charge in [-0.05, 0) is 43.0 Å². The highest BCUT2D eigenvalue weighted by atomic mass is 35.5. The van der Waals surface area contributed by atoms with E-state index in [1.165, 1.54) is 12.3 Å². The molecule has 1 aliphatic rings. The molecule has 1 aromatic heterocycles. The number of aliphatic hydroxyl groups excluding tert-OH is 1. The average molecular weight is 349 g/mol. The van der Waals surface area contributed by atoms with Crippen molar-refractivity contribution in [1.82, 2.24) is 10.3 Å². The third-order valence-corrected chi connectivity index (χ3v) is 4.84. The molecule has 2 atom stereocenters. The predicted octanol–water partition coefficient (Wildman–Crippen LogP) is 3.35. The van der Waals surface area contributed by atoms with Crippen LogP contribution in [0.1, 0.15) is 41.3 Å². The number of aryl methyl sites for hydroxylation is 1. The molecular weight excluding hydrogens is 331 g/mol. The van der Waals surface area contributed by atoms with Crippen LogP contribution in [0.15, 0.2) is 36.5 Å². The van der Waals surface area contributed by atoms with Gasteiger partial charge in [-0.1, -0.05) is 29.8 Å². The second-order valence-electron chi connectivity index (χ2n) is 6.01. The normalized spacial score (nSPS) is 22.8. The first kappa shape index (κ1) is 16.9. The van der Waals surface area contributed by atoms with Gasteiger partial charge >= 0.3 is 0 Å². The minimum absolute atomic E-state index is 0.0831. The van der Waals surface area contributed by atoms with E-state index < -0.39 is 17.7 Å². The molecule has 0 fully saturated rings. The van der Waals surface area contributed by atoms with Crippen molar-refractivity contribution in [3.05, 3.63) is 63.9 Å². The molecule has 4 nitrogen and oxygen atoms in total. The maximum Gasteiger partial charge on any atom is 0.262 e. The van der Waals surface area contributed by atoms with Gasteiger partial charge in [0.25, 0.3) is 5.91 Å². The van der Waals surface area contributed by atoms with Crippen LogP contribution in [0.4, 0.5) is 4.39 Å². The third-order valence-electron chi connectivity index (χ3n) is 4.48. The van der Waals surface area contributed by atoms with Crippen LogP contribution in [-0.4, -0.2) is 16.0 Å². The zero-order valence-electron chi connectivity index (χ0n) is 13.2. The monoisotopic (exact) mass is 348 g/mol. The number of benzene rings is 1. The van der Waals surface area contributed by atoms with Gasteiger partial charge < -0.3 is 10.4 Å². The summed E-state index contributed by atoms with van der Waals surface area (Å²) in [7, 11) is 0. The number of amides is 1. The predicted molar refractivity (Wildman–Crippen MR) is 89.3 cm³/mol. The van der Waals surface area contributed by atoms with Crippen LogP contribution >= 0.6 is 11.6 Å². The first-order valence-electron chi connectivity index (χ1n) is 7.78. The standard InChI is InChI=1S/C18H18ClFN2O2/c1-11-4-2-6-14(19)12(11)10-22-17(24)18(20)8-7-15(23)16-13(18)5-3-9-21-16/h2-6,9,15,23H,7-8,10H2,1H3,(H,22,24)/t15-,18+/m1/s1. The van der Waals surface area contributed by atoms with Crippen molar-refractivity contribution < 1.29 is 14.3 Å². The topological polar surface area (TPSA) is 62.2 Å². The largest absolute Gasteiger partial charge is 0.387 e. The Hall–Kier alpha value is -1.98. The van der Waals surface area contributed by atoms with Gasteiger partial charge in [0.05, 0.1) is 11.8 Å². The van der Waals surface area contributed by atoms with Crippen molar-refractivity contribution in [1.29, 1.82) is 0 Å². The Balaban J connectivity index is 1.84. The highest BCUT2D eigenvalue weighted by molar-refractivity contribution is 6.31. The smallest absolute Gasteiger partial charge is 0.262 e. The minimum atomic E-state index is -2.20. The van der Waals surface area contributed by atoms with Crippen molar-refractivity contribution in [2.75, 3.05) is 0 Å². The zero-order valence-corrected chi connectivity index (χ0v) is 14.0. The highest BCUT2D eigenvalue weighted by Gasteiger charge is 2.46. The fourth-order valence-electron chi connectivity index (χ4n) is 3.06. The van der Waals surface area contributed by atoms with E-state index in [4.69, 9.17) is 11.6 Å². The first-order valence-corrected chi connectivity index (χ1v) is 8.16. The molecule has 126 valence electrons. The number of fused-ring (bicyclic) bond motifs is 1. The Morgan fingerprint density at radius 1 is 1.46 bits per heavy atom. The zero-order chi connectivity index (χ0) is 17.3. The molecule has 2 aromatic rings.